The summed E-state index contributed by atoms with van der Waals surface area (Å²) in [6.45, 7) is 1.04. The Morgan fingerprint density at radius 2 is 1.66 bits per heavy atom. The maximum absolute atomic E-state index is 12.8. The summed E-state index contributed by atoms with van der Waals surface area (Å²) in [5.41, 5.74) is -0.551. The van der Waals surface area contributed by atoms with Crippen molar-refractivity contribution >= 4 is 44.6 Å². The zero-order chi connectivity index (χ0) is 21.2. The molecule has 1 fully saturated rings. The van der Waals surface area contributed by atoms with Crippen molar-refractivity contribution in [2.24, 2.45) is 0 Å². The van der Waals surface area contributed by atoms with Crippen LogP contribution in [0.4, 0.5) is 18.9 Å². The maximum Gasteiger partial charge on any atom is 0.416 e. The molecule has 29 heavy (non-hydrogen) atoms. The molecule has 0 atom stereocenters. The standard InChI is InChI=1S/C18H17ClF3N3O2S2/c19-14-4-6-16(7-5-14)29(26,27)25-10-8-24(9-11-25)17(28)23-15-3-1-2-13(12-15)18(20,21)22/h1-7,12H,8-11H2,(H,23,28). The first-order valence-corrected chi connectivity index (χ1v) is 10.8. The number of rotatable bonds is 3. The first-order valence-electron chi connectivity index (χ1n) is 8.56. The number of anilines is 1. The Balaban J connectivity index is 1.62. The minimum atomic E-state index is -4.44. The van der Waals surface area contributed by atoms with E-state index in [9.17, 15) is 21.6 Å². The predicted molar refractivity (Wildman–Crippen MR) is 109 cm³/mol. The van der Waals surface area contributed by atoms with E-state index >= 15 is 0 Å². The zero-order valence-corrected chi connectivity index (χ0v) is 17.4. The summed E-state index contributed by atoms with van der Waals surface area (Å²) in [6, 6.07) is 10.7. The monoisotopic (exact) mass is 463 g/mol. The molecule has 11 heteroatoms. The quantitative estimate of drug-likeness (QED) is 0.696. The van der Waals surface area contributed by atoms with Gasteiger partial charge in [0, 0.05) is 36.9 Å². The molecule has 1 heterocycles. The average Bonchev–Trinajstić information content (AvgIpc) is 2.68. The van der Waals surface area contributed by atoms with E-state index in [1.807, 2.05) is 0 Å². The number of nitrogens with zero attached hydrogens (tertiary/aromatic N) is 2. The molecular weight excluding hydrogens is 447 g/mol. The maximum atomic E-state index is 12.8. The fourth-order valence-electron chi connectivity index (χ4n) is 2.86. The SMILES string of the molecule is O=S(=O)(c1ccc(Cl)cc1)N1CCN(C(=S)Nc2cccc(C(F)(F)F)c2)CC1. The van der Waals surface area contributed by atoms with E-state index in [1.54, 1.807) is 4.90 Å². The van der Waals surface area contributed by atoms with Crippen molar-refractivity contribution in [1.82, 2.24) is 9.21 Å². The van der Waals surface area contributed by atoms with Gasteiger partial charge < -0.3 is 10.2 Å². The van der Waals surface area contributed by atoms with E-state index in [0.717, 1.165) is 12.1 Å². The third-order valence-electron chi connectivity index (χ3n) is 4.42. The van der Waals surface area contributed by atoms with Crippen LogP contribution in [-0.2, 0) is 16.2 Å². The molecule has 0 bridgehead atoms. The minimum Gasteiger partial charge on any atom is -0.346 e. The van der Waals surface area contributed by atoms with Crippen molar-refractivity contribution in [2.75, 3.05) is 31.5 Å². The Hall–Kier alpha value is -1.88. The van der Waals surface area contributed by atoms with Crippen molar-refractivity contribution in [3.8, 4) is 0 Å². The van der Waals surface area contributed by atoms with Crippen LogP contribution >= 0.6 is 23.8 Å². The minimum absolute atomic E-state index is 0.153. The van der Waals surface area contributed by atoms with E-state index in [4.69, 9.17) is 23.8 Å². The van der Waals surface area contributed by atoms with Crippen molar-refractivity contribution in [2.45, 2.75) is 11.1 Å². The number of nitrogens with one attached hydrogen (secondary N) is 1. The molecule has 0 aliphatic carbocycles. The van der Waals surface area contributed by atoms with Gasteiger partial charge in [0.05, 0.1) is 10.5 Å². The number of alkyl halides is 3. The lowest BCUT2D eigenvalue weighted by Gasteiger charge is -2.35. The molecule has 1 saturated heterocycles. The Labute approximate surface area is 177 Å². The van der Waals surface area contributed by atoms with Crippen molar-refractivity contribution in [3.05, 3.63) is 59.1 Å². The number of halogens is 4. The predicted octanol–water partition coefficient (Wildman–Crippen LogP) is 4.06. The van der Waals surface area contributed by atoms with Gasteiger partial charge in [-0.2, -0.15) is 17.5 Å². The fraction of sp³-hybridized carbons (Fsp3) is 0.278. The smallest absolute Gasteiger partial charge is 0.346 e. The van der Waals surface area contributed by atoms with Crippen molar-refractivity contribution < 1.29 is 21.6 Å². The lowest BCUT2D eigenvalue weighted by atomic mass is 10.2. The van der Waals surface area contributed by atoms with Gasteiger partial charge in [-0.05, 0) is 54.7 Å². The molecule has 3 rings (SSSR count). The number of hydrogen-bond donors (Lipinski definition) is 1. The zero-order valence-electron chi connectivity index (χ0n) is 15.0. The molecule has 2 aromatic rings. The molecule has 1 aliphatic rings. The summed E-state index contributed by atoms with van der Waals surface area (Å²) in [5.74, 6) is 0. The second-order valence-corrected chi connectivity index (χ2v) is 9.11. The topological polar surface area (TPSA) is 52.7 Å². The molecule has 0 radical (unpaired) electrons. The second-order valence-electron chi connectivity index (χ2n) is 6.35. The second kappa shape index (κ2) is 8.47. The molecule has 0 amide bonds. The molecule has 0 saturated carbocycles. The van der Waals surface area contributed by atoms with Crippen LogP contribution < -0.4 is 5.32 Å². The van der Waals surface area contributed by atoms with Crippen LogP contribution in [0, 0.1) is 0 Å². The van der Waals surface area contributed by atoms with Gasteiger partial charge in [-0.25, -0.2) is 8.42 Å². The Morgan fingerprint density at radius 3 is 2.24 bits per heavy atom. The normalized spacial score (nSPS) is 15.9. The lowest BCUT2D eigenvalue weighted by molar-refractivity contribution is -0.137. The molecule has 1 aliphatic heterocycles. The summed E-state index contributed by atoms with van der Waals surface area (Å²) in [5, 5.41) is 3.48. The van der Waals surface area contributed by atoms with Gasteiger partial charge in [0.2, 0.25) is 10.0 Å². The van der Waals surface area contributed by atoms with E-state index in [0.29, 0.717) is 18.1 Å². The van der Waals surface area contributed by atoms with Gasteiger partial charge in [-0.3, -0.25) is 0 Å². The third kappa shape index (κ3) is 5.19. The van der Waals surface area contributed by atoms with E-state index in [2.05, 4.69) is 5.32 Å². The number of sulfonamides is 1. The molecule has 1 N–H and O–H groups in total. The summed E-state index contributed by atoms with van der Waals surface area (Å²) in [7, 11) is -3.65. The van der Waals surface area contributed by atoms with Gasteiger partial charge in [-0.15, -0.1) is 0 Å². The largest absolute Gasteiger partial charge is 0.416 e. The molecule has 5 nitrogen and oxygen atoms in total. The summed E-state index contributed by atoms with van der Waals surface area (Å²) in [4.78, 5) is 1.88. The highest BCUT2D eigenvalue weighted by atomic mass is 35.5. The van der Waals surface area contributed by atoms with Crippen LogP contribution in [0.2, 0.25) is 5.02 Å². The molecule has 2 aromatic carbocycles. The van der Waals surface area contributed by atoms with Crippen LogP contribution in [0.3, 0.4) is 0 Å². The molecule has 0 aromatic heterocycles. The van der Waals surface area contributed by atoms with E-state index in [-0.39, 0.29) is 28.8 Å². The molecule has 0 unspecified atom stereocenters. The van der Waals surface area contributed by atoms with Gasteiger partial charge in [0.25, 0.3) is 0 Å². The van der Waals surface area contributed by atoms with Crippen LogP contribution in [0.5, 0.6) is 0 Å². The Morgan fingerprint density at radius 1 is 1.03 bits per heavy atom. The summed E-state index contributed by atoms with van der Waals surface area (Å²) < 4.78 is 65.3. The number of hydrogen-bond acceptors (Lipinski definition) is 3. The molecule has 156 valence electrons. The van der Waals surface area contributed by atoms with E-state index in [1.165, 1.54) is 40.7 Å². The number of thiocarbonyl (C=S) groups is 1. The fourth-order valence-corrected chi connectivity index (χ4v) is 4.71. The molecule has 0 spiro atoms. The Kier molecular flexibility index (Phi) is 6.37. The highest BCUT2D eigenvalue weighted by molar-refractivity contribution is 7.89. The van der Waals surface area contributed by atoms with Crippen LogP contribution in [-0.4, -0.2) is 48.9 Å². The van der Waals surface area contributed by atoms with Crippen molar-refractivity contribution in [3.63, 3.8) is 0 Å². The van der Waals surface area contributed by atoms with Gasteiger partial charge in [0.15, 0.2) is 5.11 Å². The summed E-state index contributed by atoms with van der Waals surface area (Å²) in [6.07, 6.45) is -4.44. The van der Waals surface area contributed by atoms with Gasteiger partial charge in [0.1, 0.15) is 0 Å². The number of piperazine rings is 1. The van der Waals surface area contributed by atoms with Crippen molar-refractivity contribution in [1.29, 1.82) is 0 Å². The molecular formula is C18H17ClF3N3O2S2. The first kappa shape index (κ1) is 21.8. The third-order valence-corrected chi connectivity index (χ3v) is 6.94. The number of benzene rings is 2. The average molecular weight is 464 g/mol. The highest BCUT2D eigenvalue weighted by Crippen LogP contribution is 2.30. The van der Waals surface area contributed by atoms with Crippen LogP contribution in [0.25, 0.3) is 0 Å². The van der Waals surface area contributed by atoms with Gasteiger partial charge in [-0.1, -0.05) is 17.7 Å². The van der Waals surface area contributed by atoms with E-state index < -0.39 is 21.8 Å². The first-order chi connectivity index (χ1) is 13.6. The van der Waals surface area contributed by atoms with Crippen LogP contribution in [0.1, 0.15) is 5.56 Å². The lowest BCUT2D eigenvalue weighted by Crippen LogP contribution is -2.51. The Bertz CT molecular complexity index is 990. The van der Waals surface area contributed by atoms with Gasteiger partial charge >= 0.3 is 6.18 Å². The highest BCUT2D eigenvalue weighted by Gasteiger charge is 2.31. The summed E-state index contributed by atoms with van der Waals surface area (Å²) >= 11 is 11.1. The van der Waals surface area contributed by atoms with Crippen LogP contribution in [0.15, 0.2) is 53.4 Å².